The molecule has 6 heteroatoms. The summed E-state index contributed by atoms with van der Waals surface area (Å²) in [6.07, 6.45) is 2.04. The SMILES string of the molecule is CCOCCS(=O)(=O)N1CCC(CCBr)C1. The summed E-state index contributed by atoms with van der Waals surface area (Å²) < 4.78 is 30.5. The molecule has 16 heavy (non-hydrogen) atoms. The van der Waals surface area contributed by atoms with Crippen LogP contribution >= 0.6 is 15.9 Å². The minimum Gasteiger partial charge on any atom is -0.381 e. The second kappa shape index (κ2) is 6.93. The van der Waals surface area contributed by atoms with Crippen LogP contribution in [0.1, 0.15) is 19.8 Å². The quantitative estimate of drug-likeness (QED) is 0.528. The zero-order valence-electron chi connectivity index (χ0n) is 9.69. The molecule has 0 spiro atoms. The van der Waals surface area contributed by atoms with Crippen LogP contribution in [0.15, 0.2) is 0 Å². The van der Waals surface area contributed by atoms with Crippen molar-refractivity contribution in [3.8, 4) is 0 Å². The van der Waals surface area contributed by atoms with E-state index in [0.717, 1.165) is 18.2 Å². The zero-order valence-corrected chi connectivity index (χ0v) is 12.1. The largest absolute Gasteiger partial charge is 0.381 e. The topological polar surface area (TPSA) is 46.6 Å². The molecule has 1 aliphatic heterocycles. The third-order valence-corrected chi connectivity index (χ3v) is 5.11. The Hall–Kier alpha value is 0.350. The summed E-state index contributed by atoms with van der Waals surface area (Å²) in [5.74, 6) is 0.628. The summed E-state index contributed by atoms with van der Waals surface area (Å²) >= 11 is 3.39. The molecule has 0 aromatic rings. The Morgan fingerprint density at radius 2 is 2.25 bits per heavy atom. The van der Waals surface area contributed by atoms with E-state index in [1.165, 1.54) is 0 Å². The van der Waals surface area contributed by atoms with Gasteiger partial charge in [0.2, 0.25) is 10.0 Å². The first-order valence-corrected chi connectivity index (χ1v) is 8.44. The van der Waals surface area contributed by atoms with Crippen molar-refractivity contribution in [2.75, 3.05) is 37.4 Å². The number of rotatable bonds is 7. The molecule has 0 bridgehead atoms. The third kappa shape index (κ3) is 4.31. The van der Waals surface area contributed by atoms with E-state index in [2.05, 4.69) is 15.9 Å². The summed E-state index contributed by atoms with van der Waals surface area (Å²) in [6.45, 7) is 4.10. The van der Waals surface area contributed by atoms with Crippen molar-refractivity contribution in [1.29, 1.82) is 0 Å². The van der Waals surface area contributed by atoms with Crippen LogP contribution in [-0.2, 0) is 14.8 Å². The minimum absolute atomic E-state index is 0.113. The van der Waals surface area contributed by atoms with Crippen molar-refractivity contribution in [3.63, 3.8) is 0 Å². The minimum atomic E-state index is -3.09. The van der Waals surface area contributed by atoms with Gasteiger partial charge in [0.05, 0.1) is 12.4 Å². The van der Waals surface area contributed by atoms with Gasteiger partial charge in [0.25, 0.3) is 0 Å². The van der Waals surface area contributed by atoms with Crippen LogP contribution in [0.25, 0.3) is 0 Å². The van der Waals surface area contributed by atoms with Crippen molar-refractivity contribution in [1.82, 2.24) is 4.31 Å². The molecule has 1 fully saturated rings. The Balaban J connectivity index is 2.39. The van der Waals surface area contributed by atoms with Gasteiger partial charge < -0.3 is 4.74 Å². The fourth-order valence-electron chi connectivity index (χ4n) is 1.88. The molecule has 0 amide bonds. The van der Waals surface area contributed by atoms with Gasteiger partial charge in [-0.05, 0) is 25.7 Å². The summed E-state index contributed by atoms with van der Waals surface area (Å²) in [4.78, 5) is 0. The molecular formula is C10H20BrNO3S. The van der Waals surface area contributed by atoms with E-state index in [1.807, 2.05) is 6.92 Å². The number of halogens is 1. The number of sulfonamides is 1. The molecule has 1 heterocycles. The van der Waals surface area contributed by atoms with Crippen LogP contribution in [-0.4, -0.2) is 50.1 Å². The smallest absolute Gasteiger partial charge is 0.216 e. The molecule has 0 saturated carbocycles. The second-order valence-corrected chi connectivity index (χ2v) is 6.88. The van der Waals surface area contributed by atoms with Gasteiger partial charge in [0, 0.05) is 25.0 Å². The summed E-state index contributed by atoms with van der Waals surface area (Å²) in [7, 11) is -3.09. The third-order valence-electron chi connectivity index (χ3n) is 2.85. The Bertz CT molecular complexity index is 294. The molecule has 1 unspecified atom stereocenters. The first-order chi connectivity index (χ1) is 7.60. The van der Waals surface area contributed by atoms with E-state index in [9.17, 15) is 8.42 Å². The fraction of sp³-hybridized carbons (Fsp3) is 1.00. The standard InChI is InChI=1S/C10H20BrNO3S/c1-2-15-7-8-16(13,14)12-6-4-10(9-12)3-5-11/h10H,2-9H2,1H3. The molecule has 0 aromatic heterocycles. The number of hydrogen-bond acceptors (Lipinski definition) is 3. The molecule has 0 N–H and O–H groups in total. The molecule has 0 aromatic carbocycles. The fourth-order valence-corrected chi connectivity index (χ4v) is 3.93. The molecule has 4 nitrogen and oxygen atoms in total. The lowest BCUT2D eigenvalue weighted by Gasteiger charge is -2.16. The van der Waals surface area contributed by atoms with Gasteiger partial charge in [-0.15, -0.1) is 0 Å². The van der Waals surface area contributed by atoms with Crippen LogP contribution in [0.4, 0.5) is 0 Å². The van der Waals surface area contributed by atoms with Gasteiger partial charge in [-0.3, -0.25) is 0 Å². The van der Waals surface area contributed by atoms with E-state index in [4.69, 9.17) is 4.74 Å². The number of nitrogens with zero attached hydrogens (tertiary/aromatic N) is 1. The van der Waals surface area contributed by atoms with Crippen molar-refractivity contribution in [3.05, 3.63) is 0 Å². The molecule has 96 valence electrons. The Kier molecular flexibility index (Phi) is 6.25. The molecule has 1 rings (SSSR count). The molecule has 1 atom stereocenters. The van der Waals surface area contributed by atoms with Crippen molar-refractivity contribution in [2.45, 2.75) is 19.8 Å². The van der Waals surface area contributed by atoms with Gasteiger partial charge in [-0.1, -0.05) is 15.9 Å². The lowest BCUT2D eigenvalue weighted by Crippen LogP contribution is -2.32. The van der Waals surface area contributed by atoms with Crippen LogP contribution in [0.2, 0.25) is 0 Å². The van der Waals surface area contributed by atoms with Crippen molar-refractivity contribution >= 4 is 26.0 Å². The molecule has 1 saturated heterocycles. The normalized spacial score (nSPS) is 22.8. The average molecular weight is 314 g/mol. The van der Waals surface area contributed by atoms with Crippen molar-refractivity contribution < 1.29 is 13.2 Å². The summed E-state index contributed by atoms with van der Waals surface area (Å²) in [5.41, 5.74) is 0. The maximum Gasteiger partial charge on any atom is 0.216 e. The van der Waals surface area contributed by atoms with E-state index in [1.54, 1.807) is 4.31 Å². The predicted molar refractivity (Wildman–Crippen MR) is 68.4 cm³/mol. The highest BCUT2D eigenvalue weighted by atomic mass is 79.9. The summed E-state index contributed by atoms with van der Waals surface area (Å²) in [5, 5.41) is 0.949. The van der Waals surface area contributed by atoms with Crippen LogP contribution in [0.3, 0.4) is 0 Å². The van der Waals surface area contributed by atoms with E-state index in [-0.39, 0.29) is 5.75 Å². The highest BCUT2D eigenvalue weighted by Crippen LogP contribution is 2.22. The van der Waals surface area contributed by atoms with Crippen LogP contribution in [0.5, 0.6) is 0 Å². The number of hydrogen-bond donors (Lipinski definition) is 0. The van der Waals surface area contributed by atoms with Crippen molar-refractivity contribution in [2.24, 2.45) is 5.92 Å². The van der Waals surface area contributed by atoms with Crippen LogP contribution < -0.4 is 0 Å². The van der Waals surface area contributed by atoms with Gasteiger partial charge in [-0.2, -0.15) is 0 Å². The first-order valence-electron chi connectivity index (χ1n) is 5.71. The molecular weight excluding hydrogens is 294 g/mol. The Morgan fingerprint density at radius 3 is 2.88 bits per heavy atom. The van der Waals surface area contributed by atoms with E-state index >= 15 is 0 Å². The monoisotopic (exact) mass is 313 g/mol. The highest BCUT2D eigenvalue weighted by Gasteiger charge is 2.30. The summed E-state index contributed by atoms with van der Waals surface area (Å²) in [6, 6.07) is 0. The average Bonchev–Trinajstić information content (AvgIpc) is 2.68. The van der Waals surface area contributed by atoms with Gasteiger partial charge in [0.1, 0.15) is 0 Å². The lowest BCUT2D eigenvalue weighted by atomic mass is 10.1. The van der Waals surface area contributed by atoms with Gasteiger partial charge in [0.15, 0.2) is 0 Å². The maximum absolute atomic E-state index is 11.9. The van der Waals surface area contributed by atoms with E-state index in [0.29, 0.717) is 32.2 Å². The zero-order chi connectivity index (χ0) is 12.0. The second-order valence-electron chi connectivity index (χ2n) is 4.00. The predicted octanol–water partition coefficient (Wildman–Crippen LogP) is 1.46. The number of alkyl halides is 1. The van der Waals surface area contributed by atoms with E-state index < -0.39 is 10.0 Å². The lowest BCUT2D eigenvalue weighted by molar-refractivity contribution is 0.162. The first kappa shape index (κ1) is 14.4. The van der Waals surface area contributed by atoms with Gasteiger partial charge >= 0.3 is 0 Å². The van der Waals surface area contributed by atoms with Gasteiger partial charge in [-0.25, -0.2) is 12.7 Å². The Labute approximate surface area is 107 Å². The molecule has 1 aliphatic rings. The Morgan fingerprint density at radius 1 is 1.50 bits per heavy atom. The number of ether oxygens (including phenoxy) is 1. The maximum atomic E-state index is 11.9. The highest BCUT2D eigenvalue weighted by molar-refractivity contribution is 9.09. The van der Waals surface area contributed by atoms with Crippen LogP contribution in [0, 0.1) is 5.92 Å². The molecule has 0 radical (unpaired) electrons. The molecule has 0 aliphatic carbocycles.